The highest BCUT2D eigenvalue weighted by Gasteiger charge is 2.22. The summed E-state index contributed by atoms with van der Waals surface area (Å²) in [5.41, 5.74) is 0.185. The molecule has 2 rings (SSSR count). The maximum absolute atomic E-state index is 12.7. The largest absolute Gasteiger partial charge is 0.756 e. The maximum atomic E-state index is 12.7. The highest BCUT2D eigenvalue weighted by molar-refractivity contribution is 7.45. The zero-order chi connectivity index (χ0) is 45.2. The molecule has 62 heavy (non-hydrogen) atoms. The molecule has 0 aliphatic rings. The Hall–Kier alpha value is -2.76. The molecule has 2 unspecified atom stereocenters. The molecule has 0 N–H and O–H groups in total. The van der Waals surface area contributed by atoms with Crippen LogP contribution < -0.4 is 15.3 Å². The number of fused-ring (bicyclic) bond motifs is 1. The van der Waals surface area contributed by atoms with Gasteiger partial charge in [-0.3, -0.25) is 14.2 Å². The third-order valence-corrected chi connectivity index (χ3v) is 12.0. The predicted molar refractivity (Wildman–Crippen MR) is 246 cm³/mol. The summed E-state index contributed by atoms with van der Waals surface area (Å²) < 4.78 is 45.0. The van der Waals surface area contributed by atoms with Gasteiger partial charge >= 0.3 is 17.6 Å². The molecule has 0 bridgehead atoms. The van der Waals surface area contributed by atoms with Gasteiger partial charge in [0.2, 0.25) is 0 Å². The van der Waals surface area contributed by atoms with Crippen LogP contribution >= 0.6 is 7.82 Å². The number of quaternary nitrogens is 1. The molecule has 356 valence electrons. The number of benzene rings is 1. The lowest BCUT2D eigenvalue weighted by Crippen LogP contribution is -2.37. The second-order valence-corrected chi connectivity index (χ2v) is 19.4. The molecule has 0 saturated heterocycles. The van der Waals surface area contributed by atoms with Gasteiger partial charge in [-0.05, 0) is 37.5 Å². The van der Waals surface area contributed by atoms with Crippen LogP contribution in [0.2, 0.25) is 0 Å². The Balaban J connectivity index is 1.53. The number of hydrogen-bond donors (Lipinski definition) is 0. The minimum absolute atomic E-state index is 0.0413. The Morgan fingerprint density at radius 3 is 1.65 bits per heavy atom. The molecule has 2 atom stereocenters. The molecule has 0 amide bonds. The Morgan fingerprint density at radius 1 is 0.629 bits per heavy atom. The van der Waals surface area contributed by atoms with Crippen molar-refractivity contribution in [2.24, 2.45) is 0 Å². The highest BCUT2D eigenvalue weighted by Crippen LogP contribution is 2.38. The van der Waals surface area contributed by atoms with Crippen LogP contribution in [0.15, 0.2) is 39.5 Å². The fourth-order valence-electron chi connectivity index (χ4n) is 7.18. The van der Waals surface area contributed by atoms with Crippen molar-refractivity contribution in [1.29, 1.82) is 0 Å². The molecule has 0 saturated carbocycles. The van der Waals surface area contributed by atoms with E-state index in [-0.39, 0.29) is 31.7 Å². The summed E-state index contributed by atoms with van der Waals surface area (Å²) in [6.07, 6.45) is 29.6. The summed E-state index contributed by atoms with van der Waals surface area (Å²) in [5.74, 6) is -0.138. The Kier molecular flexibility index (Phi) is 30.9. The van der Waals surface area contributed by atoms with E-state index in [0.717, 1.165) is 62.5 Å². The Bertz CT molecular complexity index is 1560. The summed E-state index contributed by atoms with van der Waals surface area (Å²) >= 11 is 0. The lowest BCUT2D eigenvalue weighted by Gasteiger charge is -2.28. The van der Waals surface area contributed by atoms with Crippen LogP contribution in [0, 0.1) is 0 Å². The number of esters is 2. The van der Waals surface area contributed by atoms with E-state index in [1.54, 1.807) is 12.1 Å². The molecule has 0 radical (unpaired) electrons. The van der Waals surface area contributed by atoms with E-state index >= 15 is 0 Å². The number of hydrogen-bond acceptors (Lipinski definition) is 11. The fourth-order valence-corrected chi connectivity index (χ4v) is 7.91. The second-order valence-electron chi connectivity index (χ2n) is 18.0. The highest BCUT2D eigenvalue weighted by atomic mass is 31.2. The molecule has 0 spiro atoms. The Morgan fingerprint density at radius 2 is 1.11 bits per heavy atom. The van der Waals surface area contributed by atoms with E-state index in [1.807, 2.05) is 33.3 Å². The zero-order valence-corrected chi connectivity index (χ0v) is 40.1. The fraction of sp³-hybridized carbons (Fsp3) is 0.776. The first-order valence-corrected chi connectivity index (χ1v) is 25.8. The zero-order valence-electron chi connectivity index (χ0n) is 39.2. The first-order valence-electron chi connectivity index (χ1n) is 24.3. The van der Waals surface area contributed by atoms with Gasteiger partial charge < -0.3 is 37.1 Å². The van der Waals surface area contributed by atoms with Crippen LogP contribution in [0.1, 0.15) is 187 Å². The standard InChI is InChI=1S/C49H84NO11P/c1-5-6-7-8-9-10-11-13-16-19-22-25-28-31-47(51)57-41-45(42-59-62(54,55)58-39-37-50(2,3)4)60-48(52)32-29-26-23-20-17-14-12-15-18-21-24-27-30-38-56-44-35-33-43-34-36-49(53)61-46(43)40-44/h33-36,40,45H,5-32,37-39,41-42H2,1-4H3. The molecule has 0 fully saturated rings. The van der Waals surface area contributed by atoms with E-state index in [1.165, 1.54) is 115 Å². The van der Waals surface area contributed by atoms with Crippen molar-refractivity contribution in [3.05, 3.63) is 40.8 Å². The monoisotopic (exact) mass is 894 g/mol. The van der Waals surface area contributed by atoms with Crippen LogP contribution in [-0.2, 0) is 32.7 Å². The van der Waals surface area contributed by atoms with Crippen LogP contribution in [0.4, 0.5) is 0 Å². The van der Waals surface area contributed by atoms with Crippen molar-refractivity contribution in [2.45, 2.75) is 193 Å². The summed E-state index contributed by atoms with van der Waals surface area (Å²) in [6.45, 7) is 2.57. The number of rotatable bonds is 41. The average molecular weight is 894 g/mol. The van der Waals surface area contributed by atoms with Crippen LogP contribution in [0.3, 0.4) is 0 Å². The van der Waals surface area contributed by atoms with Gasteiger partial charge in [-0.2, -0.15) is 0 Å². The van der Waals surface area contributed by atoms with Gasteiger partial charge in [0, 0.05) is 30.4 Å². The van der Waals surface area contributed by atoms with Crippen molar-refractivity contribution in [3.63, 3.8) is 0 Å². The van der Waals surface area contributed by atoms with Crippen molar-refractivity contribution in [2.75, 3.05) is 54.1 Å². The van der Waals surface area contributed by atoms with Crippen molar-refractivity contribution in [3.8, 4) is 5.75 Å². The van der Waals surface area contributed by atoms with Crippen molar-refractivity contribution >= 4 is 30.7 Å². The van der Waals surface area contributed by atoms with Crippen LogP contribution in [-0.4, -0.2) is 76.6 Å². The third-order valence-electron chi connectivity index (χ3n) is 11.0. The number of nitrogens with zero attached hydrogens (tertiary/aromatic N) is 1. The number of carbonyl (C=O) groups is 2. The number of phosphoric ester groups is 1. The van der Waals surface area contributed by atoms with E-state index < -0.39 is 32.5 Å². The van der Waals surface area contributed by atoms with E-state index in [2.05, 4.69) is 6.92 Å². The molecule has 1 aromatic carbocycles. The van der Waals surface area contributed by atoms with Gasteiger partial charge in [0.15, 0.2) is 6.10 Å². The summed E-state index contributed by atoms with van der Waals surface area (Å²) in [5, 5.41) is 0.879. The van der Waals surface area contributed by atoms with Gasteiger partial charge in [0.1, 0.15) is 31.1 Å². The second kappa shape index (κ2) is 34.6. The number of phosphoric acid groups is 1. The topological polar surface area (TPSA) is 151 Å². The van der Waals surface area contributed by atoms with Gasteiger partial charge in [-0.15, -0.1) is 0 Å². The van der Waals surface area contributed by atoms with Crippen LogP contribution in [0.25, 0.3) is 11.0 Å². The molecular formula is C49H84NO11P. The van der Waals surface area contributed by atoms with Crippen molar-refractivity contribution < 1.29 is 51.2 Å². The minimum Gasteiger partial charge on any atom is -0.756 e. The van der Waals surface area contributed by atoms with Gasteiger partial charge in [-0.1, -0.05) is 155 Å². The molecule has 1 heterocycles. The lowest BCUT2D eigenvalue weighted by atomic mass is 10.0. The summed E-state index contributed by atoms with van der Waals surface area (Å²) in [7, 11) is 1.13. The summed E-state index contributed by atoms with van der Waals surface area (Å²) in [4.78, 5) is 49.1. The van der Waals surface area contributed by atoms with Gasteiger partial charge in [0.25, 0.3) is 7.82 Å². The minimum atomic E-state index is -4.64. The normalized spacial score (nSPS) is 13.2. The van der Waals surface area contributed by atoms with E-state index in [9.17, 15) is 23.8 Å². The lowest BCUT2D eigenvalue weighted by molar-refractivity contribution is -0.870. The van der Waals surface area contributed by atoms with E-state index in [0.29, 0.717) is 29.6 Å². The number of ether oxygens (including phenoxy) is 3. The number of likely N-dealkylation sites (N-methyl/N-ethyl adjacent to an activating group) is 1. The third kappa shape index (κ3) is 31.1. The smallest absolute Gasteiger partial charge is 0.336 e. The quantitative estimate of drug-likeness (QED) is 0.0206. The van der Waals surface area contributed by atoms with E-state index in [4.69, 9.17) is 27.7 Å². The maximum Gasteiger partial charge on any atom is 0.336 e. The first kappa shape index (κ1) is 55.4. The number of carbonyl (C=O) groups excluding carboxylic acids is 2. The SMILES string of the molecule is CCCCCCCCCCCCCCCC(=O)OCC(COP(=O)([O-])OCC[N+](C)(C)C)OC(=O)CCCCCCCCCCCCCCCOc1ccc2ccc(=O)oc2c1. The molecular weight excluding hydrogens is 810 g/mol. The molecule has 2 aromatic rings. The summed E-state index contributed by atoms with van der Waals surface area (Å²) in [6, 6.07) is 8.75. The van der Waals surface area contributed by atoms with Gasteiger partial charge in [0.05, 0.1) is 34.4 Å². The molecule has 0 aliphatic carbocycles. The van der Waals surface area contributed by atoms with Gasteiger partial charge in [-0.25, -0.2) is 4.79 Å². The Labute approximate surface area is 374 Å². The molecule has 0 aliphatic heterocycles. The number of unbranched alkanes of at least 4 members (excludes halogenated alkanes) is 24. The average Bonchev–Trinajstić information content (AvgIpc) is 3.22. The first-order chi connectivity index (χ1) is 29.9. The van der Waals surface area contributed by atoms with Crippen LogP contribution in [0.5, 0.6) is 5.75 Å². The molecule has 12 nitrogen and oxygen atoms in total. The molecule has 13 heteroatoms. The van der Waals surface area contributed by atoms with Crippen molar-refractivity contribution in [1.82, 2.24) is 0 Å². The predicted octanol–water partition coefficient (Wildman–Crippen LogP) is 11.8. The molecule has 1 aromatic heterocycles.